The summed E-state index contributed by atoms with van der Waals surface area (Å²) in [7, 11) is 0. The van der Waals surface area contributed by atoms with Crippen LogP contribution >= 0.6 is 11.6 Å². The Labute approximate surface area is 117 Å². The number of carbonyl (C=O) groups excluding carboxylic acids is 1. The minimum absolute atomic E-state index is 0.0154. The highest BCUT2D eigenvalue weighted by atomic mass is 35.5. The van der Waals surface area contributed by atoms with Gasteiger partial charge in [-0.25, -0.2) is 0 Å². The minimum Gasteiger partial charge on any atom is -0.481 e. The zero-order valence-corrected chi connectivity index (χ0v) is 11.4. The summed E-state index contributed by atoms with van der Waals surface area (Å²) >= 11 is 6.00. The van der Waals surface area contributed by atoms with Crippen molar-refractivity contribution in [2.24, 2.45) is 11.8 Å². The van der Waals surface area contributed by atoms with Crippen molar-refractivity contribution in [3.8, 4) is 0 Å². The first-order chi connectivity index (χ1) is 9.08. The van der Waals surface area contributed by atoms with Crippen LogP contribution in [0.4, 0.5) is 0 Å². The van der Waals surface area contributed by atoms with Crippen LogP contribution in [0.25, 0.3) is 0 Å². The molecule has 1 aliphatic carbocycles. The molecule has 0 spiro atoms. The van der Waals surface area contributed by atoms with E-state index in [1.807, 2.05) is 0 Å². The first kappa shape index (κ1) is 14.1. The lowest BCUT2D eigenvalue weighted by Gasteiger charge is -2.26. The molecular formula is C15H17ClO3. The molecule has 0 saturated heterocycles. The van der Waals surface area contributed by atoms with Crippen molar-refractivity contribution in [1.82, 2.24) is 0 Å². The molecule has 2 rings (SSSR count). The van der Waals surface area contributed by atoms with Gasteiger partial charge in [0.1, 0.15) is 0 Å². The van der Waals surface area contributed by atoms with E-state index >= 15 is 0 Å². The Balaban J connectivity index is 1.99. The maximum absolute atomic E-state index is 12.2. The van der Waals surface area contributed by atoms with Crippen LogP contribution in [-0.4, -0.2) is 16.9 Å². The summed E-state index contributed by atoms with van der Waals surface area (Å²) in [6, 6.07) is 7.01. The molecule has 0 bridgehead atoms. The van der Waals surface area contributed by atoms with Crippen LogP contribution in [0.15, 0.2) is 24.3 Å². The molecule has 102 valence electrons. The molecule has 19 heavy (non-hydrogen) atoms. The van der Waals surface area contributed by atoms with E-state index in [2.05, 4.69) is 0 Å². The van der Waals surface area contributed by atoms with Gasteiger partial charge < -0.3 is 5.11 Å². The molecular weight excluding hydrogens is 264 g/mol. The zero-order chi connectivity index (χ0) is 13.8. The SMILES string of the molecule is O=C(CC1CCCC(C(=O)O)C1)c1ccccc1Cl. The van der Waals surface area contributed by atoms with Crippen molar-refractivity contribution in [2.45, 2.75) is 32.1 Å². The molecule has 1 N–H and O–H groups in total. The van der Waals surface area contributed by atoms with Gasteiger partial charge in [0, 0.05) is 12.0 Å². The lowest BCUT2D eigenvalue weighted by molar-refractivity contribution is -0.143. The van der Waals surface area contributed by atoms with Gasteiger partial charge >= 0.3 is 5.97 Å². The summed E-state index contributed by atoms with van der Waals surface area (Å²) in [5.41, 5.74) is 0.543. The number of carboxylic acid groups (broad SMARTS) is 1. The van der Waals surface area contributed by atoms with E-state index < -0.39 is 5.97 Å². The smallest absolute Gasteiger partial charge is 0.306 e. The quantitative estimate of drug-likeness (QED) is 0.854. The molecule has 1 fully saturated rings. The van der Waals surface area contributed by atoms with Crippen LogP contribution in [0.5, 0.6) is 0 Å². The number of aliphatic carboxylic acids is 1. The molecule has 0 aliphatic heterocycles. The number of benzene rings is 1. The van der Waals surface area contributed by atoms with Gasteiger partial charge in [-0.05, 0) is 37.3 Å². The van der Waals surface area contributed by atoms with Crippen LogP contribution in [0, 0.1) is 11.8 Å². The highest BCUT2D eigenvalue weighted by Gasteiger charge is 2.28. The molecule has 0 amide bonds. The predicted octanol–water partition coefficient (Wildman–Crippen LogP) is 3.80. The number of carbonyl (C=O) groups is 2. The third kappa shape index (κ3) is 3.57. The molecule has 0 radical (unpaired) electrons. The molecule has 3 nitrogen and oxygen atoms in total. The summed E-state index contributed by atoms with van der Waals surface area (Å²) < 4.78 is 0. The van der Waals surface area contributed by atoms with Gasteiger partial charge in [0.25, 0.3) is 0 Å². The fourth-order valence-corrected chi connectivity index (χ4v) is 3.00. The molecule has 1 aromatic rings. The summed E-state index contributed by atoms with van der Waals surface area (Å²) in [5, 5.41) is 9.52. The second kappa shape index (κ2) is 6.20. The molecule has 0 aromatic heterocycles. The highest BCUT2D eigenvalue weighted by molar-refractivity contribution is 6.33. The van der Waals surface area contributed by atoms with Gasteiger partial charge in [-0.15, -0.1) is 0 Å². The van der Waals surface area contributed by atoms with Gasteiger partial charge in [-0.1, -0.05) is 30.2 Å². The minimum atomic E-state index is -0.741. The van der Waals surface area contributed by atoms with Crippen LogP contribution in [-0.2, 0) is 4.79 Å². The highest BCUT2D eigenvalue weighted by Crippen LogP contribution is 2.32. The van der Waals surface area contributed by atoms with Crippen molar-refractivity contribution in [3.05, 3.63) is 34.9 Å². The molecule has 2 unspecified atom stereocenters. The molecule has 1 saturated carbocycles. The number of rotatable bonds is 4. The summed E-state index contributed by atoms with van der Waals surface area (Å²) in [5.74, 6) is -0.854. The van der Waals surface area contributed by atoms with E-state index in [4.69, 9.17) is 16.7 Å². The summed E-state index contributed by atoms with van der Waals surface area (Å²) in [4.78, 5) is 23.2. The zero-order valence-electron chi connectivity index (χ0n) is 10.6. The molecule has 1 aromatic carbocycles. The largest absolute Gasteiger partial charge is 0.481 e. The number of hydrogen-bond acceptors (Lipinski definition) is 2. The van der Waals surface area contributed by atoms with E-state index in [-0.39, 0.29) is 17.6 Å². The Hall–Kier alpha value is -1.35. The second-order valence-corrected chi connectivity index (χ2v) is 5.58. The predicted molar refractivity (Wildman–Crippen MR) is 73.5 cm³/mol. The van der Waals surface area contributed by atoms with Crippen molar-refractivity contribution in [2.75, 3.05) is 0 Å². The number of Topliss-reactive ketones (excluding diaryl/α,β-unsaturated/α-hetero) is 1. The van der Waals surface area contributed by atoms with E-state index in [0.717, 1.165) is 19.3 Å². The topological polar surface area (TPSA) is 54.4 Å². The average Bonchev–Trinajstić information content (AvgIpc) is 2.39. The van der Waals surface area contributed by atoms with E-state index in [9.17, 15) is 9.59 Å². The van der Waals surface area contributed by atoms with Crippen molar-refractivity contribution >= 4 is 23.4 Å². The van der Waals surface area contributed by atoms with E-state index in [1.54, 1.807) is 24.3 Å². The fraction of sp³-hybridized carbons (Fsp3) is 0.467. The van der Waals surface area contributed by atoms with Crippen molar-refractivity contribution in [1.29, 1.82) is 0 Å². The lowest BCUT2D eigenvalue weighted by Crippen LogP contribution is -2.24. The Morgan fingerprint density at radius 3 is 2.68 bits per heavy atom. The molecule has 4 heteroatoms. The van der Waals surface area contributed by atoms with Crippen molar-refractivity contribution < 1.29 is 14.7 Å². The summed E-state index contributed by atoms with van der Waals surface area (Å²) in [6.07, 6.45) is 3.54. The van der Waals surface area contributed by atoms with Crippen LogP contribution in [0.3, 0.4) is 0 Å². The Morgan fingerprint density at radius 2 is 2.00 bits per heavy atom. The molecule has 0 heterocycles. The Bertz CT molecular complexity index is 484. The third-order valence-corrected chi connectivity index (χ3v) is 4.11. The standard InChI is InChI=1S/C15H17ClO3/c16-13-7-2-1-6-12(13)14(17)9-10-4-3-5-11(8-10)15(18)19/h1-2,6-7,10-11H,3-5,8-9H2,(H,18,19). The third-order valence-electron chi connectivity index (χ3n) is 3.78. The Morgan fingerprint density at radius 1 is 1.26 bits per heavy atom. The molecule has 2 atom stereocenters. The van der Waals surface area contributed by atoms with Gasteiger partial charge in [-0.3, -0.25) is 9.59 Å². The number of halogens is 1. The van der Waals surface area contributed by atoms with Gasteiger partial charge in [0.2, 0.25) is 0 Å². The molecule has 1 aliphatic rings. The van der Waals surface area contributed by atoms with Crippen LogP contribution in [0.1, 0.15) is 42.5 Å². The number of ketones is 1. The van der Waals surface area contributed by atoms with Crippen molar-refractivity contribution in [3.63, 3.8) is 0 Å². The monoisotopic (exact) mass is 280 g/mol. The van der Waals surface area contributed by atoms with E-state index in [1.165, 1.54) is 0 Å². The average molecular weight is 281 g/mol. The van der Waals surface area contributed by atoms with Gasteiger partial charge in [-0.2, -0.15) is 0 Å². The van der Waals surface area contributed by atoms with Gasteiger partial charge in [0.05, 0.1) is 10.9 Å². The number of carboxylic acids is 1. The Kier molecular flexibility index (Phi) is 4.59. The van der Waals surface area contributed by atoms with E-state index in [0.29, 0.717) is 23.4 Å². The number of hydrogen-bond donors (Lipinski definition) is 1. The fourth-order valence-electron chi connectivity index (χ4n) is 2.76. The van der Waals surface area contributed by atoms with Gasteiger partial charge in [0.15, 0.2) is 5.78 Å². The second-order valence-electron chi connectivity index (χ2n) is 5.17. The summed E-state index contributed by atoms with van der Waals surface area (Å²) in [6.45, 7) is 0. The van der Waals surface area contributed by atoms with Crippen LogP contribution in [0.2, 0.25) is 5.02 Å². The first-order valence-corrected chi connectivity index (χ1v) is 6.96. The van der Waals surface area contributed by atoms with Crippen LogP contribution < -0.4 is 0 Å². The first-order valence-electron chi connectivity index (χ1n) is 6.58. The maximum Gasteiger partial charge on any atom is 0.306 e. The lowest BCUT2D eigenvalue weighted by atomic mass is 9.78. The maximum atomic E-state index is 12.2. The normalized spacial score (nSPS) is 23.0.